The zero-order chi connectivity index (χ0) is 44.3. The van der Waals surface area contributed by atoms with Crippen molar-refractivity contribution in [2.75, 3.05) is 5.32 Å². The molecular weight excluding hydrogens is 875 g/mol. The number of aliphatic carboxylic acids is 1. The number of carbonyl (C=O) groups excluding carboxylic acids is 4. The van der Waals surface area contributed by atoms with Crippen LogP contribution in [0.5, 0.6) is 11.5 Å². The molecule has 0 unspecified atom stereocenters. The average molecular weight is 919 g/mol. The molecule has 2 heterocycles. The number of ether oxygens (including phenoxy) is 2. The fourth-order valence-electron chi connectivity index (χ4n) is 7.08. The summed E-state index contributed by atoms with van der Waals surface area (Å²) < 4.78 is 27.9. The van der Waals surface area contributed by atoms with Gasteiger partial charge in [0.15, 0.2) is 0 Å². The quantitative estimate of drug-likeness (QED) is 0.0281. The Labute approximate surface area is 398 Å². The summed E-state index contributed by atoms with van der Waals surface area (Å²) >= 11 is 5.20. The zero-order valence-corrected chi connectivity index (χ0v) is 39.3. The summed E-state index contributed by atoms with van der Waals surface area (Å²) in [7, 11) is 3.10. The summed E-state index contributed by atoms with van der Waals surface area (Å²) in [5.74, 6) is -2.93. The van der Waals surface area contributed by atoms with Crippen molar-refractivity contribution in [1.29, 1.82) is 0 Å². The Bertz CT molecular complexity index is 2560. The van der Waals surface area contributed by atoms with E-state index in [9.17, 15) is 38.9 Å². The van der Waals surface area contributed by atoms with Gasteiger partial charge in [0.05, 0.1) is 23.5 Å². The molecule has 0 aliphatic heterocycles. The normalized spacial score (nSPS) is 12.0. The minimum absolute atomic E-state index is 0. The van der Waals surface area contributed by atoms with Gasteiger partial charge in [-0.25, -0.2) is 4.39 Å². The maximum atomic E-state index is 14.5. The van der Waals surface area contributed by atoms with Crippen LogP contribution in [0.3, 0.4) is 0 Å². The van der Waals surface area contributed by atoms with Crippen LogP contribution in [0.25, 0.3) is 32.8 Å². The van der Waals surface area contributed by atoms with Gasteiger partial charge >= 0.3 is 41.5 Å². The van der Waals surface area contributed by atoms with Crippen LogP contribution in [0.15, 0.2) is 109 Å². The van der Waals surface area contributed by atoms with Crippen molar-refractivity contribution in [3.8, 4) is 44.3 Å². The van der Waals surface area contributed by atoms with E-state index in [2.05, 4.69) is 5.32 Å². The van der Waals surface area contributed by atoms with Crippen LogP contribution in [0.1, 0.15) is 74.3 Å². The van der Waals surface area contributed by atoms with E-state index in [1.54, 1.807) is 58.9 Å². The van der Waals surface area contributed by atoms with Gasteiger partial charge in [-0.05, 0) is 121 Å². The van der Waals surface area contributed by atoms with Gasteiger partial charge in [0.2, 0.25) is 0 Å². The molecular formula is C47H44FN2NaO9S3. The molecule has 322 valence electrons. The molecule has 3 N–H and O–H groups in total. The second kappa shape index (κ2) is 23.2. The summed E-state index contributed by atoms with van der Waals surface area (Å²) in [4.78, 5) is 51.7. The fourth-order valence-corrected chi connectivity index (χ4v) is 9.48. The van der Waals surface area contributed by atoms with Crippen molar-refractivity contribution < 1.29 is 77.9 Å². The van der Waals surface area contributed by atoms with Crippen LogP contribution in [0.4, 0.5) is 10.1 Å². The number of aliphatic hydroxyl groups excluding tert-OH is 2. The summed E-state index contributed by atoms with van der Waals surface area (Å²) in [5.41, 5.74) is 4.91. The first kappa shape index (κ1) is 49.2. The van der Waals surface area contributed by atoms with E-state index in [0.717, 1.165) is 14.3 Å². The molecule has 16 heteroatoms. The SMILES string of the molecule is CC(C)c1c(C(=O)Nc2ccc(OC(=O)CCCC(=O)Oc3ccc(-c4cc(=S)ss4)cc3)cc2)c(-c2ccccc2)c(-c2ccc(F)cc2)n1CC[C@@H](O)C[C@@H](O)CC(=O)[O-].[Na+]. The number of carboxylic acid groups (broad SMARTS) is 1. The van der Waals surface area contributed by atoms with Crippen molar-refractivity contribution in [2.45, 2.75) is 77.0 Å². The van der Waals surface area contributed by atoms with Crippen LogP contribution in [-0.2, 0) is 20.9 Å². The first-order valence-corrected chi connectivity index (χ1v) is 22.5. The summed E-state index contributed by atoms with van der Waals surface area (Å²) in [6.07, 6.45) is -2.89. The van der Waals surface area contributed by atoms with Gasteiger partial charge in [-0.3, -0.25) is 14.4 Å². The number of aliphatic hydroxyl groups is 2. The second-order valence-electron chi connectivity index (χ2n) is 14.9. The predicted molar refractivity (Wildman–Crippen MR) is 238 cm³/mol. The van der Waals surface area contributed by atoms with Crippen LogP contribution in [-0.4, -0.2) is 50.8 Å². The first-order chi connectivity index (χ1) is 29.7. The van der Waals surface area contributed by atoms with E-state index in [1.165, 1.54) is 22.5 Å². The monoisotopic (exact) mass is 918 g/mol. The van der Waals surface area contributed by atoms with Crippen molar-refractivity contribution in [3.05, 3.63) is 130 Å². The number of carbonyl (C=O) groups is 4. The minimum Gasteiger partial charge on any atom is -0.550 e. The van der Waals surface area contributed by atoms with Crippen LogP contribution >= 0.6 is 32.9 Å². The molecule has 63 heavy (non-hydrogen) atoms. The third-order valence-corrected chi connectivity index (χ3v) is 12.7. The molecule has 0 radical (unpaired) electrons. The summed E-state index contributed by atoms with van der Waals surface area (Å²) in [6, 6.07) is 30.5. The van der Waals surface area contributed by atoms with Crippen molar-refractivity contribution >= 4 is 62.4 Å². The fraction of sp³-hybridized carbons (Fsp3) is 0.255. The number of esters is 2. The van der Waals surface area contributed by atoms with Gasteiger partial charge in [0, 0.05) is 53.6 Å². The predicted octanol–water partition coefficient (Wildman–Crippen LogP) is 6.18. The largest absolute Gasteiger partial charge is 1.00 e. The minimum atomic E-state index is -1.43. The molecule has 0 spiro atoms. The number of hydrogen-bond donors (Lipinski definition) is 3. The topological polar surface area (TPSA) is 167 Å². The van der Waals surface area contributed by atoms with E-state index < -0.39 is 48.3 Å². The Balaban J connectivity index is 0.00000748. The smallest absolute Gasteiger partial charge is 0.550 e. The van der Waals surface area contributed by atoms with Crippen molar-refractivity contribution in [1.82, 2.24) is 4.57 Å². The Morgan fingerprint density at radius 3 is 1.94 bits per heavy atom. The number of rotatable bonds is 19. The Kier molecular flexibility index (Phi) is 18.1. The number of nitrogens with one attached hydrogen (secondary N) is 1. The number of carboxylic acids is 1. The van der Waals surface area contributed by atoms with Gasteiger partial charge in [-0.2, -0.15) is 0 Å². The first-order valence-electron chi connectivity index (χ1n) is 19.9. The number of nitrogens with zero attached hydrogens (tertiary/aromatic N) is 1. The second-order valence-corrected chi connectivity index (χ2v) is 17.8. The molecule has 0 saturated carbocycles. The number of aromatic nitrogens is 1. The Morgan fingerprint density at radius 1 is 0.794 bits per heavy atom. The molecule has 1 amide bonds. The van der Waals surface area contributed by atoms with Gasteiger partial charge in [-0.15, -0.1) is 0 Å². The molecule has 0 fully saturated rings. The van der Waals surface area contributed by atoms with Gasteiger partial charge in [0.25, 0.3) is 5.91 Å². The number of hydrogen-bond acceptors (Lipinski definition) is 12. The average Bonchev–Trinajstić information content (AvgIpc) is 3.83. The maximum absolute atomic E-state index is 14.5. The number of amides is 1. The summed E-state index contributed by atoms with van der Waals surface area (Å²) in [6.45, 7) is 4.04. The molecule has 4 aromatic carbocycles. The van der Waals surface area contributed by atoms with Gasteiger partial charge in [-0.1, -0.05) is 77.1 Å². The van der Waals surface area contributed by atoms with Crippen LogP contribution < -0.4 is 49.5 Å². The molecule has 2 aromatic heterocycles. The molecule has 11 nitrogen and oxygen atoms in total. The van der Waals surface area contributed by atoms with Gasteiger partial charge in [0.1, 0.15) is 21.1 Å². The zero-order valence-electron chi connectivity index (χ0n) is 34.9. The molecule has 0 saturated heterocycles. The molecule has 0 aliphatic rings. The molecule has 2 atom stereocenters. The summed E-state index contributed by atoms with van der Waals surface area (Å²) in [5, 5.41) is 35.0. The van der Waals surface area contributed by atoms with E-state index in [-0.39, 0.29) is 79.9 Å². The molecule has 0 bridgehead atoms. The van der Waals surface area contributed by atoms with Crippen LogP contribution in [0, 0.1) is 9.64 Å². The van der Waals surface area contributed by atoms with Crippen molar-refractivity contribution in [3.63, 3.8) is 0 Å². The Hall–Kier alpha value is -4.84. The van der Waals surface area contributed by atoms with Crippen LogP contribution in [0.2, 0.25) is 0 Å². The third-order valence-electron chi connectivity index (χ3n) is 9.83. The molecule has 6 aromatic rings. The van der Waals surface area contributed by atoms with E-state index >= 15 is 0 Å². The standard InChI is InChI=1S/C47H45FN2O9S3.Na/c1-28(2)45-44(43(30-7-4-3-5-8-30)46(31-11-15-32(48)16-12-31)50(45)24-23-34(51)25-35(52)26-39(53)54)47(57)49-33-17-21-37(22-18-33)59-41(56)10-6-9-40(55)58-36-19-13-29(14-20-36)38-27-42(60)62-61-38;/h3-5,7-8,11-22,27-28,34-35,51-52H,6,9-10,23-26H2,1-2H3,(H,49,57)(H,53,54);/q;+1/p-1/t34-,35-;/m1./s1. The number of benzene rings is 4. The number of halogens is 1. The van der Waals surface area contributed by atoms with E-state index in [4.69, 9.17) is 21.7 Å². The van der Waals surface area contributed by atoms with Crippen molar-refractivity contribution in [2.24, 2.45) is 0 Å². The molecule has 0 aliphatic carbocycles. The molecule has 6 rings (SSSR count). The maximum Gasteiger partial charge on any atom is 1.00 e. The van der Waals surface area contributed by atoms with E-state index in [0.29, 0.717) is 45.1 Å². The Morgan fingerprint density at radius 2 is 1.38 bits per heavy atom. The van der Waals surface area contributed by atoms with Gasteiger partial charge < -0.3 is 39.5 Å². The third kappa shape index (κ3) is 13.6. The number of anilines is 1. The van der Waals surface area contributed by atoms with E-state index in [1.807, 2.05) is 66.9 Å².